The van der Waals surface area contributed by atoms with Crippen LogP contribution in [-0.2, 0) is 4.79 Å². The van der Waals surface area contributed by atoms with E-state index in [0.717, 1.165) is 25.0 Å². The fraction of sp³-hybridized carbons (Fsp3) is 0.600. The monoisotopic (exact) mass is 315 g/mol. The van der Waals surface area contributed by atoms with Gasteiger partial charge in [0.2, 0.25) is 5.91 Å². The minimum absolute atomic E-state index is 0.146. The molecule has 2 aliphatic heterocycles. The number of aromatic nitrogens is 4. The predicted octanol–water partition coefficient (Wildman–Crippen LogP) is 0.142. The quantitative estimate of drug-likeness (QED) is 0.837. The number of likely N-dealkylation sites (tertiary alicyclic amines) is 1. The molecule has 2 unspecified atom stereocenters. The number of rotatable bonds is 3. The summed E-state index contributed by atoms with van der Waals surface area (Å²) in [6, 6.07) is 1.04. The number of anilines is 1. The van der Waals surface area contributed by atoms with Gasteiger partial charge in [-0.2, -0.15) is 0 Å². The normalized spacial score (nSPS) is 24.0. The van der Waals surface area contributed by atoms with Gasteiger partial charge in [-0.3, -0.25) is 4.79 Å². The van der Waals surface area contributed by atoms with Gasteiger partial charge < -0.3 is 20.1 Å². The molecular weight excluding hydrogens is 294 g/mol. The van der Waals surface area contributed by atoms with Crippen molar-refractivity contribution in [1.29, 1.82) is 0 Å². The summed E-state index contributed by atoms with van der Waals surface area (Å²) in [5, 5.41) is 3.60. The van der Waals surface area contributed by atoms with Gasteiger partial charge in [0.25, 0.3) is 0 Å². The van der Waals surface area contributed by atoms with E-state index >= 15 is 0 Å². The fourth-order valence-electron chi connectivity index (χ4n) is 3.59. The van der Waals surface area contributed by atoms with E-state index in [1.54, 1.807) is 6.33 Å². The molecular formula is C15H21N7O. The fourth-order valence-corrected chi connectivity index (χ4v) is 3.59. The van der Waals surface area contributed by atoms with E-state index in [1.807, 2.05) is 16.8 Å². The Morgan fingerprint density at radius 2 is 2.17 bits per heavy atom. The summed E-state index contributed by atoms with van der Waals surface area (Å²) in [5.74, 6) is 0.850. The van der Waals surface area contributed by atoms with Crippen molar-refractivity contribution >= 4 is 22.9 Å². The Kier molecular flexibility index (Phi) is 3.60. The molecule has 0 spiro atoms. The van der Waals surface area contributed by atoms with Crippen LogP contribution < -0.4 is 10.2 Å². The van der Waals surface area contributed by atoms with E-state index in [9.17, 15) is 4.79 Å². The number of carbonyl (C=O) groups is 1. The van der Waals surface area contributed by atoms with Gasteiger partial charge in [-0.1, -0.05) is 0 Å². The molecule has 0 radical (unpaired) electrons. The van der Waals surface area contributed by atoms with Crippen molar-refractivity contribution in [3.8, 4) is 0 Å². The third-order valence-corrected chi connectivity index (χ3v) is 4.81. The van der Waals surface area contributed by atoms with Crippen LogP contribution in [0.4, 0.5) is 5.82 Å². The third-order valence-electron chi connectivity index (χ3n) is 4.81. The number of imidazole rings is 1. The van der Waals surface area contributed by atoms with Gasteiger partial charge in [0.05, 0.1) is 12.9 Å². The van der Waals surface area contributed by atoms with Gasteiger partial charge in [-0.05, 0) is 19.3 Å². The third kappa shape index (κ3) is 2.74. The smallest absolute Gasteiger partial charge is 0.242 e. The Balaban J connectivity index is 1.46. The number of hydrogen-bond donors (Lipinski definition) is 2. The molecule has 2 atom stereocenters. The van der Waals surface area contributed by atoms with E-state index in [0.29, 0.717) is 30.1 Å². The van der Waals surface area contributed by atoms with Crippen molar-refractivity contribution in [2.45, 2.75) is 31.3 Å². The van der Waals surface area contributed by atoms with E-state index in [1.165, 1.54) is 19.2 Å². The first kappa shape index (κ1) is 14.4. The van der Waals surface area contributed by atoms with Crippen LogP contribution >= 0.6 is 0 Å². The highest BCUT2D eigenvalue weighted by Gasteiger charge is 2.31. The highest BCUT2D eigenvalue weighted by molar-refractivity contribution is 5.87. The van der Waals surface area contributed by atoms with Crippen LogP contribution in [0, 0.1) is 0 Å². The molecule has 2 bridgehead atoms. The van der Waals surface area contributed by atoms with Gasteiger partial charge in [-0.25, -0.2) is 15.0 Å². The molecule has 2 fully saturated rings. The zero-order valence-corrected chi connectivity index (χ0v) is 13.2. The Morgan fingerprint density at radius 3 is 3.09 bits per heavy atom. The summed E-state index contributed by atoms with van der Waals surface area (Å²) in [7, 11) is 1.88. The van der Waals surface area contributed by atoms with Gasteiger partial charge in [0.15, 0.2) is 11.5 Å². The number of nitrogens with zero attached hydrogens (tertiary/aromatic N) is 5. The van der Waals surface area contributed by atoms with Crippen LogP contribution in [0.2, 0.25) is 0 Å². The van der Waals surface area contributed by atoms with Crippen LogP contribution in [-0.4, -0.2) is 69.5 Å². The largest absolute Gasteiger partial charge is 0.348 e. The molecule has 4 rings (SSSR count). The van der Waals surface area contributed by atoms with Crippen molar-refractivity contribution in [3.05, 3.63) is 12.7 Å². The second-order valence-electron chi connectivity index (χ2n) is 6.42. The molecule has 122 valence electrons. The topological polar surface area (TPSA) is 90.0 Å². The Hall–Kier alpha value is -2.22. The molecule has 2 saturated heterocycles. The number of H-pyrrole nitrogens is 1. The van der Waals surface area contributed by atoms with E-state index in [4.69, 9.17) is 0 Å². The summed E-state index contributed by atoms with van der Waals surface area (Å²) >= 11 is 0. The summed E-state index contributed by atoms with van der Waals surface area (Å²) in [6.45, 7) is 1.96. The maximum Gasteiger partial charge on any atom is 0.242 e. The maximum atomic E-state index is 12.7. The molecule has 23 heavy (non-hydrogen) atoms. The molecule has 2 aromatic rings. The van der Waals surface area contributed by atoms with E-state index in [2.05, 4.69) is 25.3 Å². The average Bonchev–Trinajstić information content (AvgIpc) is 3.12. The Labute approximate surface area is 134 Å². The van der Waals surface area contributed by atoms with Crippen LogP contribution in [0.1, 0.15) is 19.3 Å². The Bertz CT molecular complexity index is 715. The van der Waals surface area contributed by atoms with Crippen LogP contribution in [0.25, 0.3) is 11.2 Å². The second-order valence-corrected chi connectivity index (χ2v) is 6.42. The average molecular weight is 315 g/mol. The van der Waals surface area contributed by atoms with Crippen molar-refractivity contribution < 1.29 is 4.79 Å². The SMILES string of the molecule is CN(CC(=O)N1CCC2CCC(C1)N2)c1ncnc2nc[nH]c12. The van der Waals surface area contributed by atoms with Gasteiger partial charge in [0.1, 0.15) is 11.8 Å². The molecule has 2 aromatic heterocycles. The number of hydrogen-bond acceptors (Lipinski definition) is 6. The number of carbonyl (C=O) groups excluding carboxylic acids is 1. The number of nitrogens with one attached hydrogen (secondary N) is 2. The first-order valence-corrected chi connectivity index (χ1v) is 8.10. The number of amides is 1. The second kappa shape index (κ2) is 5.77. The van der Waals surface area contributed by atoms with E-state index in [-0.39, 0.29) is 5.91 Å². The van der Waals surface area contributed by atoms with Crippen molar-refractivity contribution in [2.24, 2.45) is 0 Å². The molecule has 4 heterocycles. The highest BCUT2D eigenvalue weighted by Crippen LogP contribution is 2.21. The summed E-state index contributed by atoms with van der Waals surface area (Å²) in [5.41, 5.74) is 1.38. The number of fused-ring (bicyclic) bond motifs is 3. The number of likely N-dealkylation sites (N-methyl/N-ethyl adjacent to an activating group) is 1. The lowest BCUT2D eigenvalue weighted by atomic mass is 10.1. The maximum absolute atomic E-state index is 12.7. The standard InChI is InChI=1S/C15H21N7O/c1-21(15-13-14(17-8-16-13)18-9-19-15)7-12(23)22-5-4-10-2-3-11(6-22)20-10/h8-11,20H,2-7H2,1H3,(H,16,17,18,19). The van der Waals surface area contributed by atoms with Crippen molar-refractivity contribution in [3.63, 3.8) is 0 Å². The zero-order chi connectivity index (χ0) is 15.8. The summed E-state index contributed by atoms with van der Waals surface area (Å²) < 4.78 is 0. The number of aromatic amines is 1. The summed E-state index contributed by atoms with van der Waals surface area (Å²) in [4.78, 5) is 32.1. The molecule has 0 saturated carbocycles. The van der Waals surface area contributed by atoms with Crippen LogP contribution in [0.3, 0.4) is 0 Å². The van der Waals surface area contributed by atoms with Crippen LogP contribution in [0.5, 0.6) is 0 Å². The molecule has 2 N–H and O–H groups in total. The Morgan fingerprint density at radius 1 is 1.30 bits per heavy atom. The van der Waals surface area contributed by atoms with Crippen molar-refractivity contribution in [1.82, 2.24) is 30.2 Å². The lowest BCUT2D eigenvalue weighted by molar-refractivity contribution is -0.129. The molecule has 2 aliphatic rings. The lowest BCUT2D eigenvalue weighted by Crippen LogP contribution is -2.43. The lowest BCUT2D eigenvalue weighted by Gasteiger charge is -2.27. The molecule has 0 aromatic carbocycles. The minimum Gasteiger partial charge on any atom is -0.348 e. The van der Waals surface area contributed by atoms with Gasteiger partial charge in [0, 0.05) is 32.2 Å². The van der Waals surface area contributed by atoms with E-state index < -0.39 is 0 Å². The van der Waals surface area contributed by atoms with Gasteiger partial charge in [-0.15, -0.1) is 0 Å². The predicted molar refractivity (Wildman–Crippen MR) is 86.1 cm³/mol. The van der Waals surface area contributed by atoms with Crippen LogP contribution in [0.15, 0.2) is 12.7 Å². The molecule has 1 amide bonds. The van der Waals surface area contributed by atoms with Gasteiger partial charge >= 0.3 is 0 Å². The minimum atomic E-state index is 0.146. The highest BCUT2D eigenvalue weighted by atomic mass is 16.2. The zero-order valence-electron chi connectivity index (χ0n) is 13.2. The molecule has 8 nitrogen and oxygen atoms in total. The first-order chi connectivity index (χ1) is 11.2. The molecule has 8 heteroatoms. The summed E-state index contributed by atoms with van der Waals surface area (Å²) in [6.07, 6.45) is 6.53. The van der Waals surface area contributed by atoms with Crippen molar-refractivity contribution in [2.75, 3.05) is 31.6 Å². The molecule has 0 aliphatic carbocycles. The first-order valence-electron chi connectivity index (χ1n) is 8.10.